The Morgan fingerprint density at radius 2 is 1.70 bits per heavy atom. The molecule has 2 aromatic heterocycles. The molecule has 7 nitrogen and oxygen atoms in total. The van der Waals surface area contributed by atoms with Gasteiger partial charge in [-0.05, 0) is 60.9 Å². The molecule has 1 aliphatic rings. The fourth-order valence-electron chi connectivity index (χ4n) is 4.25. The normalized spacial score (nSPS) is 13.2. The summed E-state index contributed by atoms with van der Waals surface area (Å²) in [6, 6.07) is 11.8. The summed E-state index contributed by atoms with van der Waals surface area (Å²) < 4.78 is 18.1. The van der Waals surface area contributed by atoms with Crippen LogP contribution in [0.3, 0.4) is 0 Å². The molecule has 0 spiro atoms. The number of ether oxygens (including phenoxy) is 3. The van der Waals surface area contributed by atoms with E-state index in [0.29, 0.717) is 18.8 Å². The highest BCUT2D eigenvalue weighted by Gasteiger charge is 2.27. The number of nitrogens with zero attached hydrogens (tertiary/aromatic N) is 3. The highest BCUT2D eigenvalue weighted by molar-refractivity contribution is 7.19. The van der Waals surface area contributed by atoms with Crippen molar-refractivity contribution in [3.8, 4) is 28.5 Å². The third-order valence-electron chi connectivity index (χ3n) is 6.14. The second kappa shape index (κ2) is 8.44. The van der Waals surface area contributed by atoms with Crippen LogP contribution in [-0.2, 0) is 13.0 Å². The van der Waals surface area contributed by atoms with Crippen LogP contribution in [-0.4, -0.2) is 48.1 Å². The molecule has 0 fully saturated rings. The van der Waals surface area contributed by atoms with Gasteiger partial charge in [0.25, 0.3) is 5.91 Å². The molecular formula is C25H25N3O4S. The van der Waals surface area contributed by atoms with Crippen molar-refractivity contribution in [3.63, 3.8) is 0 Å². The van der Waals surface area contributed by atoms with Gasteiger partial charge in [0.15, 0.2) is 16.5 Å². The number of aromatic nitrogens is 2. The van der Waals surface area contributed by atoms with E-state index in [1.165, 1.54) is 16.9 Å². The van der Waals surface area contributed by atoms with E-state index in [-0.39, 0.29) is 5.91 Å². The van der Waals surface area contributed by atoms with Gasteiger partial charge in [-0.25, -0.2) is 4.98 Å². The van der Waals surface area contributed by atoms with Gasteiger partial charge in [-0.2, -0.15) is 0 Å². The molecule has 5 rings (SSSR count). The lowest BCUT2D eigenvalue weighted by Crippen LogP contribution is -2.36. The van der Waals surface area contributed by atoms with Gasteiger partial charge in [0, 0.05) is 30.5 Å². The van der Waals surface area contributed by atoms with Crippen LogP contribution in [0.2, 0.25) is 0 Å². The number of benzene rings is 2. The van der Waals surface area contributed by atoms with Gasteiger partial charge in [-0.3, -0.25) is 9.20 Å². The Morgan fingerprint density at radius 3 is 2.33 bits per heavy atom. The lowest BCUT2D eigenvalue weighted by Gasteiger charge is -2.29. The molecule has 33 heavy (non-hydrogen) atoms. The minimum absolute atomic E-state index is 0.0365. The molecule has 0 aliphatic carbocycles. The first-order chi connectivity index (χ1) is 16.0. The Bertz CT molecular complexity index is 1340. The molecule has 0 saturated heterocycles. The summed E-state index contributed by atoms with van der Waals surface area (Å²) in [4.78, 5) is 21.6. The minimum Gasteiger partial charge on any atom is -0.497 e. The second-order valence-electron chi connectivity index (χ2n) is 7.98. The zero-order valence-corrected chi connectivity index (χ0v) is 19.9. The lowest BCUT2D eigenvalue weighted by atomic mass is 9.98. The fraction of sp³-hybridized carbons (Fsp3) is 0.280. The van der Waals surface area contributed by atoms with Crippen molar-refractivity contribution in [2.75, 3.05) is 27.9 Å². The van der Waals surface area contributed by atoms with Gasteiger partial charge >= 0.3 is 0 Å². The molecule has 0 bridgehead atoms. The highest BCUT2D eigenvalue weighted by atomic mass is 32.1. The summed E-state index contributed by atoms with van der Waals surface area (Å²) in [6.45, 7) is 3.19. The van der Waals surface area contributed by atoms with Crippen molar-refractivity contribution in [2.45, 2.75) is 19.9 Å². The van der Waals surface area contributed by atoms with Crippen molar-refractivity contribution in [3.05, 3.63) is 64.3 Å². The van der Waals surface area contributed by atoms with E-state index >= 15 is 0 Å². The molecule has 1 aliphatic heterocycles. The van der Waals surface area contributed by atoms with Crippen LogP contribution in [0, 0.1) is 6.92 Å². The third kappa shape index (κ3) is 3.70. The van der Waals surface area contributed by atoms with E-state index in [0.717, 1.165) is 50.3 Å². The zero-order chi connectivity index (χ0) is 23.1. The number of hydrogen-bond acceptors (Lipinski definition) is 6. The van der Waals surface area contributed by atoms with Gasteiger partial charge in [0.2, 0.25) is 0 Å². The van der Waals surface area contributed by atoms with Crippen LogP contribution in [0.4, 0.5) is 0 Å². The Labute approximate surface area is 196 Å². The first kappa shape index (κ1) is 21.3. The Kier molecular flexibility index (Phi) is 5.46. The van der Waals surface area contributed by atoms with E-state index in [9.17, 15) is 4.79 Å². The number of carbonyl (C=O) groups excluding carboxylic acids is 1. The third-order valence-corrected chi connectivity index (χ3v) is 7.29. The number of imidazole rings is 1. The largest absolute Gasteiger partial charge is 0.497 e. The number of hydrogen-bond donors (Lipinski definition) is 0. The van der Waals surface area contributed by atoms with E-state index in [2.05, 4.69) is 0 Å². The fourth-order valence-corrected chi connectivity index (χ4v) is 5.33. The topological polar surface area (TPSA) is 65.3 Å². The number of aryl methyl sites for hydroxylation is 1. The van der Waals surface area contributed by atoms with Crippen molar-refractivity contribution < 1.29 is 19.0 Å². The summed E-state index contributed by atoms with van der Waals surface area (Å²) in [5, 5.41) is 0. The van der Waals surface area contributed by atoms with Crippen LogP contribution in [0.25, 0.3) is 16.2 Å². The summed E-state index contributed by atoms with van der Waals surface area (Å²) in [5.74, 6) is 2.25. The molecule has 0 radical (unpaired) electrons. The smallest absolute Gasteiger partial charge is 0.266 e. The molecule has 1 amide bonds. The quantitative estimate of drug-likeness (QED) is 0.433. The molecule has 0 unspecified atom stereocenters. The molecule has 170 valence electrons. The maximum absolute atomic E-state index is 13.4. The monoisotopic (exact) mass is 463 g/mol. The standard InChI is InChI=1S/C25H25N3O4S/c1-15-23(33-25-26-20(14-28(15)25)16-5-7-19(30-2)8-6-16)24(29)27-10-9-17-11-21(31-3)22(32-4)12-18(17)13-27/h5-8,11-12,14H,9-10,13H2,1-4H3. The van der Waals surface area contributed by atoms with Crippen LogP contribution >= 0.6 is 11.3 Å². The second-order valence-corrected chi connectivity index (χ2v) is 8.95. The van der Waals surface area contributed by atoms with E-state index in [1.807, 2.05) is 58.8 Å². The summed E-state index contributed by atoms with van der Waals surface area (Å²) >= 11 is 1.44. The molecule has 8 heteroatoms. The van der Waals surface area contributed by atoms with Crippen LogP contribution in [0.1, 0.15) is 26.5 Å². The minimum atomic E-state index is 0.0365. The molecule has 2 aromatic carbocycles. The first-order valence-electron chi connectivity index (χ1n) is 10.7. The highest BCUT2D eigenvalue weighted by Crippen LogP contribution is 2.35. The Balaban J connectivity index is 1.41. The predicted octanol–water partition coefficient (Wildman–Crippen LogP) is 4.60. The van der Waals surface area contributed by atoms with Gasteiger partial charge in [-0.15, -0.1) is 0 Å². The van der Waals surface area contributed by atoms with E-state index < -0.39 is 0 Å². The summed E-state index contributed by atoms with van der Waals surface area (Å²) in [5.41, 5.74) is 5.08. The number of fused-ring (bicyclic) bond motifs is 2. The number of thiazole rings is 1. The van der Waals surface area contributed by atoms with Crippen LogP contribution < -0.4 is 14.2 Å². The van der Waals surface area contributed by atoms with Gasteiger partial charge < -0.3 is 19.1 Å². The number of methoxy groups -OCH3 is 3. The Morgan fingerprint density at radius 1 is 1.00 bits per heavy atom. The average Bonchev–Trinajstić information content (AvgIpc) is 3.41. The molecular weight excluding hydrogens is 438 g/mol. The summed E-state index contributed by atoms with van der Waals surface area (Å²) in [7, 11) is 4.91. The number of carbonyl (C=O) groups is 1. The first-order valence-corrected chi connectivity index (χ1v) is 11.5. The lowest BCUT2D eigenvalue weighted by molar-refractivity contribution is 0.0738. The average molecular weight is 464 g/mol. The van der Waals surface area contributed by atoms with Gasteiger partial charge in [0.1, 0.15) is 10.6 Å². The van der Waals surface area contributed by atoms with E-state index in [1.54, 1.807) is 21.3 Å². The number of rotatable bonds is 5. The predicted molar refractivity (Wildman–Crippen MR) is 128 cm³/mol. The molecule has 4 aromatic rings. The summed E-state index contributed by atoms with van der Waals surface area (Å²) in [6.07, 6.45) is 2.77. The number of amides is 1. The van der Waals surface area contributed by atoms with Crippen LogP contribution in [0.15, 0.2) is 42.6 Å². The van der Waals surface area contributed by atoms with Crippen LogP contribution in [0.5, 0.6) is 17.2 Å². The van der Waals surface area contributed by atoms with E-state index in [4.69, 9.17) is 19.2 Å². The van der Waals surface area contributed by atoms with Gasteiger partial charge in [0.05, 0.1) is 27.0 Å². The van der Waals surface area contributed by atoms with Crippen molar-refractivity contribution >= 4 is 22.2 Å². The Hall–Kier alpha value is -3.52. The molecule has 3 heterocycles. The van der Waals surface area contributed by atoms with Crippen molar-refractivity contribution in [1.82, 2.24) is 14.3 Å². The van der Waals surface area contributed by atoms with Gasteiger partial charge in [-0.1, -0.05) is 11.3 Å². The molecule has 0 N–H and O–H groups in total. The maximum Gasteiger partial charge on any atom is 0.266 e. The van der Waals surface area contributed by atoms with Crippen molar-refractivity contribution in [2.24, 2.45) is 0 Å². The van der Waals surface area contributed by atoms with Crippen molar-refractivity contribution in [1.29, 1.82) is 0 Å². The molecule has 0 atom stereocenters. The molecule has 0 saturated carbocycles. The maximum atomic E-state index is 13.4. The SMILES string of the molecule is COc1ccc(-c2cn3c(C)c(C(=O)N4CCc5cc(OC)c(OC)cc5C4)sc3n2)cc1. The zero-order valence-electron chi connectivity index (χ0n) is 19.0.